The third-order valence-electron chi connectivity index (χ3n) is 7.36. The van der Waals surface area contributed by atoms with Gasteiger partial charge < -0.3 is 9.80 Å². The number of aryl methyl sites for hydroxylation is 1. The molecule has 8 heteroatoms. The minimum atomic E-state index is -3.65. The van der Waals surface area contributed by atoms with Gasteiger partial charge in [-0.05, 0) is 55.0 Å². The molecule has 2 aromatic rings. The topological polar surface area (TPSA) is 78.0 Å². The smallest absolute Gasteiger partial charge is 0.254 e. The molecule has 0 spiro atoms. The Hall–Kier alpha value is -2.71. The molecule has 1 saturated heterocycles. The molecule has 35 heavy (non-hydrogen) atoms. The Labute approximate surface area is 208 Å². The highest BCUT2D eigenvalue weighted by atomic mass is 32.2. The van der Waals surface area contributed by atoms with E-state index in [1.165, 1.54) is 21.5 Å². The maximum atomic E-state index is 13.3. The molecular formula is C27H35N3O4S. The first-order chi connectivity index (χ1) is 16.8. The van der Waals surface area contributed by atoms with Crippen molar-refractivity contribution in [1.29, 1.82) is 0 Å². The summed E-state index contributed by atoms with van der Waals surface area (Å²) in [6, 6.07) is 13.1. The SMILES string of the molecule is CCN(CC)S(=O)(=O)c1ccc(C)c(C(=O)N2CCC(C(=O)N3CCc4ccccc4C3)CC2)c1. The van der Waals surface area contributed by atoms with Crippen LogP contribution < -0.4 is 0 Å². The van der Waals surface area contributed by atoms with Crippen molar-refractivity contribution in [3.8, 4) is 0 Å². The number of likely N-dealkylation sites (tertiary alicyclic amines) is 1. The van der Waals surface area contributed by atoms with E-state index in [4.69, 9.17) is 0 Å². The van der Waals surface area contributed by atoms with Crippen molar-refractivity contribution in [3.05, 3.63) is 64.7 Å². The van der Waals surface area contributed by atoms with Gasteiger partial charge >= 0.3 is 0 Å². The molecule has 2 aliphatic heterocycles. The molecule has 0 N–H and O–H groups in total. The van der Waals surface area contributed by atoms with Crippen LogP contribution in [0.2, 0.25) is 0 Å². The van der Waals surface area contributed by atoms with Crippen LogP contribution in [0.5, 0.6) is 0 Å². The Morgan fingerprint density at radius 2 is 1.60 bits per heavy atom. The quantitative estimate of drug-likeness (QED) is 0.612. The third kappa shape index (κ3) is 5.14. The zero-order chi connectivity index (χ0) is 25.2. The van der Waals surface area contributed by atoms with Crippen molar-refractivity contribution in [2.45, 2.75) is 51.5 Å². The number of fused-ring (bicyclic) bond motifs is 1. The summed E-state index contributed by atoms with van der Waals surface area (Å²) in [4.78, 5) is 30.4. The molecule has 0 atom stereocenters. The van der Waals surface area contributed by atoms with Gasteiger partial charge in [0.25, 0.3) is 5.91 Å². The van der Waals surface area contributed by atoms with E-state index < -0.39 is 10.0 Å². The molecule has 4 rings (SSSR count). The van der Waals surface area contributed by atoms with Crippen LogP contribution in [0, 0.1) is 12.8 Å². The van der Waals surface area contributed by atoms with Gasteiger partial charge in [-0.1, -0.05) is 44.2 Å². The average Bonchev–Trinajstić information content (AvgIpc) is 2.88. The second-order valence-electron chi connectivity index (χ2n) is 9.41. The van der Waals surface area contributed by atoms with Crippen LogP contribution in [0.15, 0.2) is 47.4 Å². The van der Waals surface area contributed by atoms with Gasteiger partial charge in [-0.3, -0.25) is 9.59 Å². The highest BCUT2D eigenvalue weighted by Gasteiger charge is 2.32. The largest absolute Gasteiger partial charge is 0.339 e. The van der Waals surface area contributed by atoms with E-state index >= 15 is 0 Å². The van der Waals surface area contributed by atoms with Crippen molar-refractivity contribution < 1.29 is 18.0 Å². The standard InChI is InChI=1S/C27H35N3O4S/c1-4-30(5-2)35(33,34)24-11-10-20(3)25(18-24)27(32)28-15-13-22(14-16-28)26(31)29-17-12-21-8-6-7-9-23(21)19-29/h6-11,18,22H,4-5,12-17,19H2,1-3H3. The lowest BCUT2D eigenvalue weighted by Gasteiger charge is -2.36. The normalized spacial score (nSPS) is 16.9. The summed E-state index contributed by atoms with van der Waals surface area (Å²) in [6.45, 7) is 8.55. The summed E-state index contributed by atoms with van der Waals surface area (Å²) in [7, 11) is -3.65. The lowest BCUT2D eigenvalue weighted by Crippen LogP contribution is -2.45. The number of hydrogen-bond donors (Lipinski definition) is 0. The Balaban J connectivity index is 1.42. The van der Waals surface area contributed by atoms with Gasteiger partial charge in [0, 0.05) is 50.7 Å². The molecule has 0 radical (unpaired) electrons. The first-order valence-electron chi connectivity index (χ1n) is 12.5. The molecule has 188 valence electrons. The number of sulfonamides is 1. The number of benzene rings is 2. The average molecular weight is 498 g/mol. The number of carbonyl (C=O) groups excluding carboxylic acids is 2. The van der Waals surface area contributed by atoms with Crippen molar-refractivity contribution in [2.24, 2.45) is 5.92 Å². The molecule has 2 aromatic carbocycles. The van der Waals surface area contributed by atoms with E-state index in [1.807, 2.05) is 24.0 Å². The van der Waals surface area contributed by atoms with Gasteiger partial charge in [0.15, 0.2) is 0 Å². The molecule has 0 unspecified atom stereocenters. The van der Waals surface area contributed by atoms with Crippen molar-refractivity contribution in [1.82, 2.24) is 14.1 Å². The summed E-state index contributed by atoms with van der Waals surface area (Å²) >= 11 is 0. The van der Waals surface area contributed by atoms with Gasteiger partial charge in [0.05, 0.1) is 4.90 Å². The van der Waals surface area contributed by atoms with Crippen LogP contribution in [0.3, 0.4) is 0 Å². The molecule has 2 aliphatic rings. The number of carbonyl (C=O) groups is 2. The van der Waals surface area contributed by atoms with Crippen LogP contribution >= 0.6 is 0 Å². The monoisotopic (exact) mass is 497 g/mol. The predicted octanol–water partition coefficient (Wildman–Crippen LogP) is 3.46. The molecule has 0 aromatic heterocycles. The van der Waals surface area contributed by atoms with Crippen LogP contribution in [-0.4, -0.2) is 67.1 Å². The van der Waals surface area contributed by atoms with Crippen molar-refractivity contribution in [3.63, 3.8) is 0 Å². The fourth-order valence-corrected chi connectivity index (χ4v) is 6.63. The summed E-state index contributed by atoms with van der Waals surface area (Å²) in [5, 5.41) is 0. The molecule has 1 fully saturated rings. The lowest BCUT2D eigenvalue weighted by atomic mass is 9.92. The molecule has 0 aliphatic carbocycles. The molecule has 7 nitrogen and oxygen atoms in total. The van der Waals surface area contributed by atoms with Crippen LogP contribution in [0.25, 0.3) is 0 Å². The van der Waals surface area contributed by atoms with Crippen molar-refractivity contribution >= 4 is 21.8 Å². The maximum Gasteiger partial charge on any atom is 0.254 e. The van der Waals surface area contributed by atoms with Gasteiger partial charge in [0.1, 0.15) is 0 Å². The van der Waals surface area contributed by atoms with Gasteiger partial charge in [0.2, 0.25) is 15.9 Å². The first-order valence-corrected chi connectivity index (χ1v) is 14.0. The zero-order valence-electron chi connectivity index (χ0n) is 20.9. The highest BCUT2D eigenvalue weighted by Crippen LogP contribution is 2.27. The number of rotatable bonds is 6. The second-order valence-corrected chi connectivity index (χ2v) is 11.3. The number of nitrogens with zero attached hydrogens (tertiary/aromatic N) is 3. The fraction of sp³-hybridized carbons (Fsp3) is 0.481. The zero-order valence-corrected chi connectivity index (χ0v) is 21.7. The first kappa shape index (κ1) is 25.4. The van der Waals surface area contributed by atoms with Crippen molar-refractivity contribution in [2.75, 3.05) is 32.7 Å². The van der Waals surface area contributed by atoms with E-state index in [0.29, 0.717) is 51.1 Å². The minimum Gasteiger partial charge on any atom is -0.339 e. The molecule has 2 amide bonds. The number of amides is 2. The summed E-state index contributed by atoms with van der Waals surface area (Å²) in [5.74, 6) is -0.0771. The van der Waals surface area contributed by atoms with E-state index in [-0.39, 0.29) is 22.6 Å². The van der Waals surface area contributed by atoms with Gasteiger partial charge in [-0.2, -0.15) is 4.31 Å². The molecule has 0 saturated carbocycles. The Morgan fingerprint density at radius 1 is 0.943 bits per heavy atom. The lowest BCUT2D eigenvalue weighted by molar-refractivity contribution is -0.137. The highest BCUT2D eigenvalue weighted by molar-refractivity contribution is 7.89. The van der Waals surface area contributed by atoms with Gasteiger partial charge in [-0.15, -0.1) is 0 Å². The summed E-state index contributed by atoms with van der Waals surface area (Å²) < 4.78 is 27.3. The minimum absolute atomic E-state index is 0.0835. The predicted molar refractivity (Wildman–Crippen MR) is 135 cm³/mol. The maximum absolute atomic E-state index is 13.3. The number of piperidine rings is 1. The third-order valence-corrected chi connectivity index (χ3v) is 9.40. The molecule has 2 heterocycles. The van der Waals surface area contributed by atoms with E-state index in [2.05, 4.69) is 12.1 Å². The van der Waals surface area contributed by atoms with Crippen LogP contribution in [-0.2, 0) is 27.8 Å². The Kier molecular flexibility index (Phi) is 7.62. The summed E-state index contributed by atoms with van der Waals surface area (Å²) in [6.07, 6.45) is 2.13. The Bertz CT molecular complexity index is 1200. The fourth-order valence-electron chi connectivity index (χ4n) is 5.15. The van der Waals surface area contributed by atoms with E-state index in [0.717, 1.165) is 18.5 Å². The van der Waals surface area contributed by atoms with E-state index in [1.54, 1.807) is 30.9 Å². The second kappa shape index (κ2) is 10.5. The number of hydrogen-bond acceptors (Lipinski definition) is 4. The van der Waals surface area contributed by atoms with Gasteiger partial charge in [-0.25, -0.2) is 8.42 Å². The van der Waals surface area contributed by atoms with Crippen LogP contribution in [0.1, 0.15) is 53.7 Å². The van der Waals surface area contributed by atoms with Crippen LogP contribution in [0.4, 0.5) is 0 Å². The molecule has 0 bridgehead atoms. The Morgan fingerprint density at radius 3 is 2.26 bits per heavy atom. The van der Waals surface area contributed by atoms with E-state index in [9.17, 15) is 18.0 Å². The molecular weight excluding hydrogens is 462 g/mol. The summed E-state index contributed by atoms with van der Waals surface area (Å²) in [5.41, 5.74) is 3.70.